The van der Waals surface area contributed by atoms with Crippen molar-refractivity contribution in [3.05, 3.63) is 0 Å². The largest absolute Gasteiger partial charge is 0.479 e. The third-order valence-corrected chi connectivity index (χ3v) is 3.16. The molecule has 6 nitrogen and oxygen atoms in total. The molecule has 1 amide bonds. The van der Waals surface area contributed by atoms with Crippen LogP contribution < -0.4 is 0 Å². The summed E-state index contributed by atoms with van der Waals surface area (Å²) in [6, 6.07) is 0. The van der Waals surface area contributed by atoms with Crippen molar-refractivity contribution in [3.63, 3.8) is 0 Å². The molecular weight excluding hydrogens is 226 g/mol. The van der Waals surface area contributed by atoms with E-state index in [1.165, 1.54) is 0 Å². The fourth-order valence-electron chi connectivity index (χ4n) is 2.19. The second-order valence-electron chi connectivity index (χ2n) is 4.40. The number of carbonyl (C=O) groups excluding carboxylic acids is 1. The maximum atomic E-state index is 12.1. The first-order chi connectivity index (χ1) is 8.18. The number of aliphatic carboxylic acids is 1. The van der Waals surface area contributed by atoms with Crippen molar-refractivity contribution >= 4 is 11.9 Å². The third kappa shape index (κ3) is 2.95. The van der Waals surface area contributed by atoms with Gasteiger partial charge < -0.3 is 19.5 Å². The van der Waals surface area contributed by atoms with Gasteiger partial charge in [0.1, 0.15) is 0 Å². The fraction of sp³-hybridized carbons (Fsp3) is 0.818. The maximum absolute atomic E-state index is 12.1. The Morgan fingerprint density at radius 2 is 2.12 bits per heavy atom. The molecule has 0 spiro atoms. The van der Waals surface area contributed by atoms with Gasteiger partial charge >= 0.3 is 5.97 Å². The zero-order valence-corrected chi connectivity index (χ0v) is 9.63. The average molecular weight is 243 g/mol. The van der Waals surface area contributed by atoms with Crippen LogP contribution in [0.3, 0.4) is 0 Å². The molecule has 0 radical (unpaired) electrons. The molecule has 2 heterocycles. The van der Waals surface area contributed by atoms with Crippen molar-refractivity contribution in [1.82, 2.24) is 4.90 Å². The van der Waals surface area contributed by atoms with Gasteiger partial charge in [0.05, 0.1) is 25.7 Å². The predicted molar refractivity (Wildman–Crippen MR) is 57.5 cm³/mol. The predicted octanol–water partition coefficient (Wildman–Crippen LogP) is -0.275. The molecule has 0 aromatic carbocycles. The summed E-state index contributed by atoms with van der Waals surface area (Å²) in [7, 11) is 0. The van der Waals surface area contributed by atoms with E-state index < -0.39 is 12.1 Å². The Bertz CT molecular complexity index is 300. The monoisotopic (exact) mass is 243 g/mol. The van der Waals surface area contributed by atoms with E-state index in [0.717, 1.165) is 12.8 Å². The Balaban J connectivity index is 1.91. The third-order valence-electron chi connectivity index (χ3n) is 3.16. The van der Waals surface area contributed by atoms with Crippen LogP contribution in [0, 0.1) is 5.92 Å². The highest BCUT2D eigenvalue weighted by atomic mass is 16.5. The van der Waals surface area contributed by atoms with Crippen molar-refractivity contribution in [2.45, 2.75) is 18.9 Å². The molecule has 2 atom stereocenters. The molecule has 2 aliphatic heterocycles. The number of carboxylic acids is 1. The van der Waals surface area contributed by atoms with Crippen molar-refractivity contribution in [2.24, 2.45) is 5.92 Å². The normalized spacial score (nSPS) is 30.0. The molecule has 2 rings (SSSR count). The standard InChI is InChI=1S/C11H17NO5/c13-10(8-2-1-4-16-7-8)12-3-5-17-9(6-12)11(14)15/h8-9H,1-7H2,(H,14,15). The SMILES string of the molecule is O=C(O)C1CN(C(=O)C2CCCOC2)CCO1. The molecule has 2 aliphatic rings. The quantitative estimate of drug-likeness (QED) is 0.722. The zero-order valence-electron chi connectivity index (χ0n) is 9.63. The molecule has 2 fully saturated rings. The Hall–Kier alpha value is -1.14. The van der Waals surface area contributed by atoms with Crippen molar-refractivity contribution in [1.29, 1.82) is 0 Å². The van der Waals surface area contributed by atoms with E-state index in [1.54, 1.807) is 4.90 Å². The maximum Gasteiger partial charge on any atom is 0.334 e. The van der Waals surface area contributed by atoms with Crippen LogP contribution in [0.5, 0.6) is 0 Å². The van der Waals surface area contributed by atoms with E-state index in [1.807, 2.05) is 0 Å². The van der Waals surface area contributed by atoms with Crippen LogP contribution >= 0.6 is 0 Å². The molecular formula is C11H17NO5. The van der Waals surface area contributed by atoms with Gasteiger partial charge in [-0.1, -0.05) is 0 Å². The molecule has 6 heteroatoms. The minimum Gasteiger partial charge on any atom is -0.479 e. The molecule has 0 saturated carbocycles. The minimum atomic E-state index is -1.01. The van der Waals surface area contributed by atoms with Crippen LogP contribution in [0.2, 0.25) is 0 Å². The first-order valence-corrected chi connectivity index (χ1v) is 5.89. The second kappa shape index (κ2) is 5.46. The minimum absolute atomic E-state index is 0.000694. The molecule has 0 aromatic heterocycles. The van der Waals surface area contributed by atoms with E-state index in [2.05, 4.69) is 0 Å². The zero-order chi connectivity index (χ0) is 12.3. The number of hydrogen-bond donors (Lipinski definition) is 1. The van der Waals surface area contributed by atoms with Gasteiger partial charge in [0.2, 0.25) is 5.91 Å². The summed E-state index contributed by atoms with van der Waals surface area (Å²) in [6.45, 7) is 2.07. The lowest BCUT2D eigenvalue weighted by Crippen LogP contribution is -2.51. The first-order valence-electron chi connectivity index (χ1n) is 5.89. The topological polar surface area (TPSA) is 76.1 Å². The van der Waals surface area contributed by atoms with E-state index >= 15 is 0 Å². The average Bonchev–Trinajstić information content (AvgIpc) is 2.39. The number of ether oxygens (including phenoxy) is 2. The highest BCUT2D eigenvalue weighted by Crippen LogP contribution is 2.18. The van der Waals surface area contributed by atoms with Gasteiger partial charge in [-0.05, 0) is 12.8 Å². The number of nitrogens with zero attached hydrogens (tertiary/aromatic N) is 1. The lowest BCUT2D eigenvalue weighted by atomic mass is 10.0. The van der Waals surface area contributed by atoms with E-state index in [4.69, 9.17) is 14.6 Å². The van der Waals surface area contributed by atoms with Crippen LogP contribution in [-0.2, 0) is 19.1 Å². The summed E-state index contributed by atoms with van der Waals surface area (Å²) < 4.78 is 10.4. The summed E-state index contributed by atoms with van der Waals surface area (Å²) >= 11 is 0. The number of carboxylic acid groups (broad SMARTS) is 1. The van der Waals surface area contributed by atoms with Gasteiger partial charge in [-0.15, -0.1) is 0 Å². The van der Waals surface area contributed by atoms with Crippen molar-refractivity contribution in [3.8, 4) is 0 Å². The Labute approximate surface area is 99.5 Å². The lowest BCUT2D eigenvalue weighted by molar-refractivity contribution is -0.161. The Morgan fingerprint density at radius 3 is 2.76 bits per heavy atom. The molecule has 17 heavy (non-hydrogen) atoms. The number of amides is 1. The van der Waals surface area contributed by atoms with Crippen LogP contribution in [0.25, 0.3) is 0 Å². The summed E-state index contributed by atoms with van der Waals surface area (Å²) in [4.78, 5) is 24.5. The summed E-state index contributed by atoms with van der Waals surface area (Å²) in [5.41, 5.74) is 0. The Morgan fingerprint density at radius 1 is 1.29 bits per heavy atom. The summed E-state index contributed by atoms with van der Waals surface area (Å²) in [5.74, 6) is -1.13. The van der Waals surface area contributed by atoms with Crippen molar-refractivity contribution < 1.29 is 24.2 Å². The van der Waals surface area contributed by atoms with Crippen LogP contribution in [-0.4, -0.2) is 60.9 Å². The van der Waals surface area contributed by atoms with E-state index in [0.29, 0.717) is 19.8 Å². The first kappa shape index (κ1) is 12.3. The van der Waals surface area contributed by atoms with Gasteiger partial charge in [-0.3, -0.25) is 4.79 Å². The summed E-state index contributed by atoms with van der Waals surface area (Å²) in [6.07, 6.45) is 0.828. The molecule has 0 bridgehead atoms. The van der Waals surface area contributed by atoms with Crippen molar-refractivity contribution in [2.75, 3.05) is 32.9 Å². The molecule has 1 N–H and O–H groups in total. The van der Waals surface area contributed by atoms with Crippen LogP contribution in [0.15, 0.2) is 0 Å². The lowest BCUT2D eigenvalue weighted by Gasteiger charge is -2.34. The van der Waals surface area contributed by atoms with Gasteiger partial charge in [-0.2, -0.15) is 0 Å². The smallest absolute Gasteiger partial charge is 0.334 e. The molecule has 0 aromatic rings. The van der Waals surface area contributed by atoms with Gasteiger partial charge in [0.15, 0.2) is 6.10 Å². The number of hydrogen-bond acceptors (Lipinski definition) is 4. The molecule has 2 saturated heterocycles. The van der Waals surface area contributed by atoms with E-state index in [9.17, 15) is 9.59 Å². The summed E-state index contributed by atoms with van der Waals surface area (Å²) in [5, 5.41) is 8.86. The van der Waals surface area contributed by atoms with Gasteiger partial charge in [0, 0.05) is 13.2 Å². The highest BCUT2D eigenvalue weighted by molar-refractivity contribution is 5.80. The molecule has 2 unspecified atom stereocenters. The highest BCUT2D eigenvalue weighted by Gasteiger charge is 2.33. The van der Waals surface area contributed by atoms with Gasteiger partial charge in [0.25, 0.3) is 0 Å². The number of morpholine rings is 1. The number of carbonyl (C=O) groups is 2. The second-order valence-corrected chi connectivity index (χ2v) is 4.40. The number of rotatable bonds is 2. The van der Waals surface area contributed by atoms with Crippen LogP contribution in [0.4, 0.5) is 0 Å². The Kier molecular flexibility index (Phi) is 3.96. The van der Waals surface area contributed by atoms with Gasteiger partial charge in [-0.25, -0.2) is 4.79 Å². The fourth-order valence-corrected chi connectivity index (χ4v) is 2.19. The van der Waals surface area contributed by atoms with E-state index in [-0.39, 0.29) is 25.0 Å². The molecule has 96 valence electrons. The molecule has 0 aliphatic carbocycles. The van der Waals surface area contributed by atoms with Crippen LogP contribution in [0.1, 0.15) is 12.8 Å².